The van der Waals surface area contributed by atoms with E-state index in [0.29, 0.717) is 24.8 Å². The summed E-state index contributed by atoms with van der Waals surface area (Å²) in [5, 5.41) is 0. The molecule has 2 aromatic heterocycles. The van der Waals surface area contributed by atoms with E-state index in [-0.39, 0.29) is 5.56 Å². The van der Waals surface area contributed by atoms with E-state index in [1.807, 2.05) is 31.2 Å². The third kappa shape index (κ3) is 2.31. The Bertz CT molecular complexity index is 864. The molecule has 0 spiro atoms. The summed E-state index contributed by atoms with van der Waals surface area (Å²) in [6.45, 7) is 3.84. The molecule has 6 nitrogen and oxygen atoms in total. The molecule has 0 unspecified atom stereocenters. The van der Waals surface area contributed by atoms with Crippen LogP contribution in [0, 0.1) is 6.92 Å². The highest BCUT2D eigenvalue weighted by atomic mass is 16.3. The van der Waals surface area contributed by atoms with Gasteiger partial charge in [-0.25, -0.2) is 9.97 Å². The molecular formula is C16H16N4O2. The zero-order valence-electron chi connectivity index (χ0n) is 12.3. The van der Waals surface area contributed by atoms with E-state index >= 15 is 0 Å². The molecule has 3 heterocycles. The highest BCUT2D eigenvalue weighted by Gasteiger charge is 2.22. The lowest BCUT2D eigenvalue weighted by Crippen LogP contribution is -2.35. The highest BCUT2D eigenvalue weighted by molar-refractivity contribution is 5.72. The minimum atomic E-state index is -0.0373. The van der Waals surface area contributed by atoms with Crippen molar-refractivity contribution in [2.75, 3.05) is 6.54 Å². The molecule has 0 saturated heterocycles. The number of H-pyrrole nitrogens is 1. The topological polar surface area (TPSA) is 75.0 Å². The number of benzene rings is 1. The number of aromatic amines is 1. The zero-order chi connectivity index (χ0) is 15.1. The van der Waals surface area contributed by atoms with Gasteiger partial charge in [0.05, 0.1) is 17.8 Å². The summed E-state index contributed by atoms with van der Waals surface area (Å²) in [6.07, 6.45) is 0.778. The third-order valence-electron chi connectivity index (χ3n) is 3.96. The third-order valence-corrected chi connectivity index (χ3v) is 3.96. The Kier molecular flexibility index (Phi) is 3.04. The van der Waals surface area contributed by atoms with Crippen molar-refractivity contribution >= 4 is 11.1 Å². The van der Waals surface area contributed by atoms with E-state index in [2.05, 4.69) is 19.9 Å². The minimum absolute atomic E-state index is 0.0373. The van der Waals surface area contributed by atoms with Crippen LogP contribution in [0.5, 0.6) is 0 Å². The van der Waals surface area contributed by atoms with Crippen molar-refractivity contribution in [2.24, 2.45) is 0 Å². The van der Waals surface area contributed by atoms with Crippen LogP contribution in [0.3, 0.4) is 0 Å². The Morgan fingerprint density at radius 1 is 1.32 bits per heavy atom. The van der Waals surface area contributed by atoms with Gasteiger partial charge in [-0.1, -0.05) is 12.1 Å². The molecule has 3 aromatic rings. The van der Waals surface area contributed by atoms with Gasteiger partial charge in [-0.05, 0) is 19.1 Å². The fourth-order valence-electron chi connectivity index (χ4n) is 2.92. The number of rotatable bonds is 2. The van der Waals surface area contributed by atoms with Crippen LogP contribution >= 0.6 is 0 Å². The molecule has 1 aliphatic heterocycles. The first-order valence-corrected chi connectivity index (χ1v) is 7.34. The van der Waals surface area contributed by atoms with Gasteiger partial charge in [-0.3, -0.25) is 9.69 Å². The van der Waals surface area contributed by atoms with Gasteiger partial charge in [0.2, 0.25) is 5.89 Å². The van der Waals surface area contributed by atoms with E-state index in [0.717, 1.165) is 35.3 Å². The van der Waals surface area contributed by atoms with Gasteiger partial charge in [0.25, 0.3) is 5.56 Å². The first kappa shape index (κ1) is 13.2. The van der Waals surface area contributed by atoms with Crippen LogP contribution in [-0.2, 0) is 19.5 Å². The largest absolute Gasteiger partial charge is 0.439 e. The second-order valence-electron chi connectivity index (χ2n) is 5.61. The Labute approximate surface area is 126 Å². The lowest BCUT2D eigenvalue weighted by Gasteiger charge is -2.26. The Balaban J connectivity index is 1.58. The molecule has 1 N–H and O–H groups in total. The van der Waals surface area contributed by atoms with Crippen molar-refractivity contribution in [3.05, 3.63) is 57.6 Å². The molecule has 0 bridgehead atoms. The number of aryl methyl sites for hydroxylation is 1. The number of hydrogen-bond donors (Lipinski definition) is 1. The van der Waals surface area contributed by atoms with Gasteiger partial charge in [0.15, 0.2) is 5.58 Å². The van der Waals surface area contributed by atoms with Crippen LogP contribution in [0.2, 0.25) is 0 Å². The number of para-hydroxylation sites is 2. The standard InChI is InChI=1S/C16H16N4O2/c1-10-17-12-6-7-20(8-11(12)16(21)18-10)9-15-19-13-4-2-3-5-14(13)22-15/h2-5H,6-9H2,1H3,(H,17,18,21). The Morgan fingerprint density at radius 2 is 2.18 bits per heavy atom. The average molecular weight is 296 g/mol. The first-order valence-electron chi connectivity index (χ1n) is 7.34. The van der Waals surface area contributed by atoms with Crippen LogP contribution in [0.1, 0.15) is 23.0 Å². The molecule has 6 heteroatoms. The van der Waals surface area contributed by atoms with Crippen LogP contribution in [0.25, 0.3) is 11.1 Å². The highest BCUT2D eigenvalue weighted by Crippen LogP contribution is 2.19. The van der Waals surface area contributed by atoms with Crippen LogP contribution in [-0.4, -0.2) is 26.4 Å². The monoisotopic (exact) mass is 296 g/mol. The fourth-order valence-corrected chi connectivity index (χ4v) is 2.92. The second kappa shape index (κ2) is 5.06. The number of oxazole rings is 1. The number of nitrogens with one attached hydrogen (secondary N) is 1. The van der Waals surface area contributed by atoms with Crippen molar-refractivity contribution in [3.63, 3.8) is 0 Å². The molecule has 0 amide bonds. The fraction of sp³-hybridized carbons (Fsp3) is 0.312. The summed E-state index contributed by atoms with van der Waals surface area (Å²) in [6, 6.07) is 7.72. The van der Waals surface area contributed by atoms with E-state index in [4.69, 9.17) is 4.42 Å². The Hall–Kier alpha value is -2.47. The maximum Gasteiger partial charge on any atom is 0.255 e. The van der Waals surface area contributed by atoms with Crippen LogP contribution < -0.4 is 5.56 Å². The van der Waals surface area contributed by atoms with Crippen molar-refractivity contribution in [1.82, 2.24) is 19.9 Å². The van der Waals surface area contributed by atoms with Crippen LogP contribution in [0.4, 0.5) is 0 Å². The van der Waals surface area contributed by atoms with E-state index < -0.39 is 0 Å². The van der Waals surface area contributed by atoms with E-state index in [1.54, 1.807) is 0 Å². The number of nitrogens with zero attached hydrogens (tertiary/aromatic N) is 3. The van der Waals surface area contributed by atoms with Gasteiger partial charge in [0.1, 0.15) is 11.3 Å². The predicted octanol–water partition coefficient (Wildman–Crippen LogP) is 1.78. The molecule has 0 atom stereocenters. The lowest BCUT2D eigenvalue weighted by molar-refractivity contribution is 0.220. The molecular weight excluding hydrogens is 280 g/mol. The number of hydrogen-bond acceptors (Lipinski definition) is 5. The zero-order valence-corrected chi connectivity index (χ0v) is 12.3. The normalized spacial score (nSPS) is 15.1. The number of fused-ring (bicyclic) bond motifs is 2. The van der Waals surface area contributed by atoms with Gasteiger partial charge < -0.3 is 9.40 Å². The first-order chi connectivity index (χ1) is 10.7. The van der Waals surface area contributed by atoms with Crippen molar-refractivity contribution in [1.29, 1.82) is 0 Å². The SMILES string of the molecule is Cc1nc2c(c(=O)[nH]1)CN(Cc1nc3ccccc3o1)CC2. The quantitative estimate of drug-likeness (QED) is 0.780. The lowest BCUT2D eigenvalue weighted by atomic mass is 10.1. The summed E-state index contributed by atoms with van der Waals surface area (Å²) in [5.74, 6) is 1.36. The van der Waals surface area contributed by atoms with Gasteiger partial charge >= 0.3 is 0 Å². The van der Waals surface area contributed by atoms with Crippen LogP contribution in [0.15, 0.2) is 33.5 Å². The second-order valence-corrected chi connectivity index (χ2v) is 5.61. The molecule has 1 aromatic carbocycles. The van der Waals surface area contributed by atoms with E-state index in [1.165, 1.54) is 0 Å². The molecule has 1 aliphatic rings. The average Bonchev–Trinajstić information content (AvgIpc) is 2.90. The predicted molar refractivity (Wildman–Crippen MR) is 81.4 cm³/mol. The maximum absolute atomic E-state index is 12.1. The molecule has 0 radical (unpaired) electrons. The molecule has 22 heavy (non-hydrogen) atoms. The summed E-state index contributed by atoms with van der Waals surface area (Å²) in [5.41, 5.74) is 3.29. The van der Waals surface area contributed by atoms with Gasteiger partial charge in [0, 0.05) is 19.5 Å². The molecule has 0 fully saturated rings. The molecule has 112 valence electrons. The summed E-state index contributed by atoms with van der Waals surface area (Å²) in [7, 11) is 0. The minimum Gasteiger partial charge on any atom is -0.439 e. The van der Waals surface area contributed by atoms with E-state index in [9.17, 15) is 4.79 Å². The molecule has 0 saturated carbocycles. The van der Waals surface area contributed by atoms with Crippen molar-refractivity contribution < 1.29 is 4.42 Å². The van der Waals surface area contributed by atoms with Gasteiger partial charge in [-0.2, -0.15) is 0 Å². The smallest absolute Gasteiger partial charge is 0.255 e. The van der Waals surface area contributed by atoms with Gasteiger partial charge in [-0.15, -0.1) is 0 Å². The molecule has 4 rings (SSSR count). The summed E-state index contributed by atoms with van der Waals surface area (Å²) < 4.78 is 5.75. The number of aromatic nitrogens is 3. The van der Waals surface area contributed by atoms with Crippen molar-refractivity contribution in [3.8, 4) is 0 Å². The summed E-state index contributed by atoms with van der Waals surface area (Å²) >= 11 is 0. The Morgan fingerprint density at radius 3 is 3.05 bits per heavy atom. The molecule has 0 aliphatic carbocycles. The maximum atomic E-state index is 12.1. The van der Waals surface area contributed by atoms with Crippen molar-refractivity contribution in [2.45, 2.75) is 26.4 Å². The summed E-state index contributed by atoms with van der Waals surface area (Å²) in [4.78, 5) is 25.9.